The van der Waals surface area contributed by atoms with Crippen molar-refractivity contribution in [1.82, 2.24) is 9.80 Å². The zero-order valence-electron chi connectivity index (χ0n) is 14.9. The van der Waals surface area contributed by atoms with Crippen LogP contribution in [0.2, 0.25) is 0 Å². The van der Waals surface area contributed by atoms with Gasteiger partial charge in [-0.3, -0.25) is 9.59 Å². The summed E-state index contributed by atoms with van der Waals surface area (Å²) in [7, 11) is 3.88. The summed E-state index contributed by atoms with van der Waals surface area (Å²) in [6.07, 6.45) is 4.97. The molecule has 6 heteroatoms. The summed E-state index contributed by atoms with van der Waals surface area (Å²) in [5.74, 6) is -0.216. The maximum atomic E-state index is 12.6. The predicted octanol–water partition coefficient (Wildman–Crippen LogP) is 2.03. The summed E-state index contributed by atoms with van der Waals surface area (Å²) in [6.45, 7) is 3.76. The SMILES string of the molecule is Cc1ccc2c(N3CCN(C(=O)/C=C/CN(C)C)CC3=O)coc2c1. The number of hydrogen-bond donors (Lipinski definition) is 0. The number of carbonyl (C=O) groups is 2. The molecule has 3 rings (SSSR count). The number of furan rings is 1. The monoisotopic (exact) mass is 341 g/mol. The average molecular weight is 341 g/mol. The Hall–Kier alpha value is -2.60. The van der Waals surface area contributed by atoms with Crippen LogP contribution < -0.4 is 4.90 Å². The van der Waals surface area contributed by atoms with Crippen molar-refractivity contribution in [3.8, 4) is 0 Å². The highest BCUT2D eigenvalue weighted by atomic mass is 16.3. The molecule has 25 heavy (non-hydrogen) atoms. The van der Waals surface area contributed by atoms with Crippen LogP contribution in [0, 0.1) is 6.92 Å². The first-order valence-corrected chi connectivity index (χ1v) is 8.34. The highest BCUT2D eigenvalue weighted by Crippen LogP contribution is 2.30. The standard InChI is InChI=1S/C19H23N3O3/c1-14-6-7-15-16(13-25-17(15)11-14)22-10-9-21(12-19(22)24)18(23)5-4-8-20(2)3/h4-7,11,13H,8-10,12H2,1-3H3/b5-4+. The third-order valence-electron chi connectivity index (χ3n) is 4.26. The molecule has 0 N–H and O–H groups in total. The Morgan fingerprint density at radius 3 is 2.84 bits per heavy atom. The first kappa shape index (κ1) is 17.2. The lowest BCUT2D eigenvalue weighted by atomic mass is 10.1. The van der Waals surface area contributed by atoms with E-state index < -0.39 is 0 Å². The van der Waals surface area contributed by atoms with Gasteiger partial charge in [0.25, 0.3) is 0 Å². The molecular formula is C19H23N3O3. The molecule has 2 amide bonds. The fraction of sp³-hybridized carbons (Fsp3) is 0.368. The molecule has 1 aliphatic heterocycles. The summed E-state index contributed by atoms with van der Waals surface area (Å²) in [6, 6.07) is 5.93. The van der Waals surface area contributed by atoms with Gasteiger partial charge in [0, 0.05) is 31.1 Å². The van der Waals surface area contributed by atoms with Crippen molar-refractivity contribution in [3.05, 3.63) is 42.2 Å². The lowest BCUT2D eigenvalue weighted by molar-refractivity contribution is -0.133. The molecule has 2 heterocycles. The number of fused-ring (bicyclic) bond motifs is 1. The van der Waals surface area contributed by atoms with Gasteiger partial charge in [-0.1, -0.05) is 12.1 Å². The van der Waals surface area contributed by atoms with Gasteiger partial charge in [0.1, 0.15) is 18.4 Å². The lowest BCUT2D eigenvalue weighted by Crippen LogP contribution is -2.52. The van der Waals surface area contributed by atoms with Gasteiger partial charge in [0.05, 0.1) is 5.69 Å². The van der Waals surface area contributed by atoms with Crippen LogP contribution in [0.15, 0.2) is 41.0 Å². The summed E-state index contributed by atoms with van der Waals surface area (Å²) < 4.78 is 5.59. The second-order valence-electron chi connectivity index (χ2n) is 6.59. The number of nitrogens with zero attached hydrogens (tertiary/aromatic N) is 3. The number of carbonyl (C=O) groups excluding carboxylic acids is 2. The van der Waals surface area contributed by atoms with Crippen molar-refractivity contribution >= 4 is 28.5 Å². The second kappa shape index (κ2) is 7.11. The number of likely N-dealkylation sites (N-methyl/N-ethyl adjacent to an activating group) is 1. The number of benzene rings is 1. The van der Waals surface area contributed by atoms with Crippen LogP contribution in [0.4, 0.5) is 5.69 Å². The van der Waals surface area contributed by atoms with Gasteiger partial charge in [0.15, 0.2) is 0 Å². The molecule has 0 bridgehead atoms. The minimum atomic E-state index is -0.123. The number of hydrogen-bond acceptors (Lipinski definition) is 4. The zero-order chi connectivity index (χ0) is 18.0. The molecule has 0 radical (unpaired) electrons. The van der Waals surface area contributed by atoms with Crippen LogP contribution in [-0.2, 0) is 9.59 Å². The van der Waals surface area contributed by atoms with Gasteiger partial charge in [-0.15, -0.1) is 0 Å². The molecule has 1 aromatic carbocycles. The molecule has 2 aromatic rings. The number of amides is 2. The molecule has 0 atom stereocenters. The molecule has 0 unspecified atom stereocenters. The number of aryl methyl sites for hydroxylation is 1. The van der Waals surface area contributed by atoms with Crippen LogP contribution in [0.3, 0.4) is 0 Å². The van der Waals surface area contributed by atoms with Crippen molar-refractivity contribution in [2.24, 2.45) is 0 Å². The van der Waals surface area contributed by atoms with Gasteiger partial charge < -0.3 is 19.1 Å². The van der Waals surface area contributed by atoms with Gasteiger partial charge in [-0.2, -0.15) is 0 Å². The van der Waals surface area contributed by atoms with E-state index in [-0.39, 0.29) is 18.4 Å². The van der Waals surface area contributed by atoms with E-state index in [0.29, 0.717) is 19.6 Å². The summed E-state index contributed by atoms with van der Waals surface area (Å²) in [4.78, 5) is 30.0. The van der Waals surface area contributed by atoms with E-state index in [2.05, 4.69) is 0 Å². The largest absolute Gasteiger partial charge is 0.462 e. The highest BCUT2D eigenvalue weighted by Gasteiger charge is 2.28. The molecule has 6 nitrogen and oxygen atoms in total. The fourth-order valence-electron chi connectivity index (χ4n) is 2.92. The number of rotatable bonds is 4. The van der Waals surface area contributed by atoms with E-state index in [4.69, 9.17) is 4.42 Å². The molecule has 1 saturated heterocycles. The molecule has 132 valence electrons. The van der Waals surface area contributed by atoms with Gasteiger partial charge in [0.2, 0.25) is 11.8 Å². The maximum Gasteiger partial charge on any atom is 0.246 e. The molecule has 0 saturated carbocycles. The summed E-state index contributed by atoms with van der Waals surface area (Å²) >= 11 is 0. The zero-order valence-corrected chi connectivity index (χ0v) is 14.9. The smallest absolute Gasteiger partial charge is 0.246 e. The quantitative estimate of drug-likeness (QED) is 0.799. The van der Waals surface area contributed by atoms with Crippen LogP contribution >= 0.6 is 0 Å². The minimum Gasteiger partial charge on any atom is -0.462 e. The van der Waals surface area contributed by atoms with Gasteiger partial charge in [-0.05, 0) is 38.7 Å². The van der Waals surface area contributed by atoms with Crippen molar-refractivity contribution < 1.29 is 14.0 Å². The average Bonchev–Trinajstić information content (AvgIpc) is 2.97. The van der Waals surface area contributed by atoms with Crippen molar-refractivity contribution in [2.75, 3.05) is 45.2 Å². The molecule has 0 aliphatic carbocycles. The fourth-order valence-corrected chi connectivity index (χ4v) is 2.92. The normalized spacial score (nSPS) is 15.8. The van der Waals surface area contributed by atoms with Crippen LogP contribution in [-0.4, -0.2) is 61.9 Å². The van der Waals surface area contributed by atoms with Crippen molar-refractivity contribution in [1.29, 1.82) is 0 Å². The lowest BCUT2D eigenvalue weighted by Gasteiger charge is -2.33. The van der Waals surface area contributed by atoms with Gasteiger partial charge in [-0.25, -0.2) is 0 Å². The third-order valence-corrected chi connectivity index (χ3v) is 4.26. The Balaban J connectivity index is 1.70. The predicted molar refractivity (Wildman–Crippen MR) is 97.6 cm³/mol. The van der Waals surface area contributed by atoms with Crippen LogP contribution in [0.1, 0.15) is 5.56 Å². The number of anilines is 1. The third kappa shape index (κ3) is 3.74. The van der Waals surface area contributed by atoms with Crippen molar-refractivity contribution in [2.45, 2.75) is 6.92 Å². The Kier molecular flexibility index (Phi) is 4.90. The second-order valence-corrected chi connectivity index (χ2v) is 6.59. The summed E-state index contributed by atoms with van der Waals surface area (Å²) in [5, 5.41) is 0.921. The van der Waals surface area contributed by atoms with Crippen molar-refractivity contribution in [3.63, 3.8) is 0 Å². The molecule has 1 aromatic heterocycles. The van der Waals surface area contributed by atoms with E-state index in [1.54, 1.807) is 22.1 Å². The Bertz CT molecular complexity index is 822. The Labute approximate surface area is 147 Å². The van der Waals surface area contributed by atoms with E-state index in [9.17, 15) is 9.59 Å². The maximum absolute atomic E-state index is 12.6. The van der Waals surface area contributed by atoms with E-state index in [1.807, 2.05) is 50.2 Å². The van der Waals surface area contributed by atoms with Crippen LogP contribution in [0.5, 0.6) is 0 Å². The number of piperazine rings is 1. The van der Waals surface area contributed by atoms with Gasteiger partial charge >= 0.3 is 0 Å². The first-order valence-electron chi connectivity index (χ1n) is 8.34. The molecule has 1 fully saturated rings. The van der Waals surface area contributed by atoms with E-state index >= 15 is 0 Å². The Morgan fingerprint density at radius 1 is 1.32 bits per heavy atom. The first-order chi connectivity index (χ1) is 12.0. The van der Waals surface area contributed by atoms with Crippen LogP contribution in [0.25, 0.3) is 11.0 Å². The molecule has 1 aliphatic rings. The molecule has 0 spiro atoms. The van der Waals surface area contributed by atoms with E-state index in [1.165, 1.54) is 0 Å². The highest BCUT2D eigenvalue weighted by molar-refractivity contribution is 6.05. The Morgan fingerprint density at radius 2 is 2.12 bits per heavy atom. The minimum absolute atomic E-state index is 0.0870. The summed E-state index contributed by atoms with van der Waals surface area (Å²) in [5.41, 5.74) is 2.66. The molecular weight excluding hydrogens is 318 g/mol. The topological polar surface area (TPSA) is 57.0 Å². The van der Waals surface area contributed by atoms with E-state index in [0.717, 1.165) is 22.2 Å².